The highest BCUT2D eigenvalue weighted by Crippen LogP contribution is 2.32. The Bertz CT molecular complexity index is 1110. The molecule has 31 heavy (non-hydrogen) atoms. The first kappa shape index (κ1) is 23.7. The van der Waals surface area contributed by atoms with E-state index in [9.17, 15) is 8.42 Å². The molecule has 3 aromatic rings. The van der Waals surface area contributed by atoms with E-state index >= 15 is 0 Å². The first-order chi connectivity index (χ1) is 14.4. The molecule has 0 radical (unpaired) electrons. The normalized spacial score (nSPS) is 16.8. The summed E-state index contributed by atoms with van der Waals surface area (Å²) in [7, 11) is -3.39. The molecule has 0 saturated carbocycles. The van der Waals surface area contributed by atoms with Gasteiger partial charge >= 0.3 is 0 Å². The Labute approximate surface area is 198 Å². The second-order valence-corrected chi connectivity index (χ2v) is 10.5. The van der Waals surface area contributed by atoms with E-state index in [1.54, 1.807) is 10.5 Å². The van der Waals surface area contributed by atoms with Crippen molar-refractivity contribution in [3.05, 3.63) is 94.2 Å². The molecule has 164 valence electrons. The maximum atomic E-state index is 12.8. The van der Waals surface area contributed by atoms with Crippen molar-refractivity contribution >= 4 is 44.0 Å². The molecular formula is C23H25BrClN3O2S. The zero-order valence-corrected chi connectivity index (χ0v) is 20.4. The van der Waals surface area contributed by atoms with Crippen LogP contribution in [0, 0.1) is 0 Å². The van der Waals surface area contributed by atoms with E-state index in [0.29, 0.717) is 26.1 Å². The lowest BCUT2D eigenvalue weighted by Gasteiger charge is -2.31. The summed E-state index contributed by atoms with van der Waals surface area (Å²) in [6.07, 6.45) is 3.75. The Morgan fingerprint density at radius 3 is 2.48 bits per heavy atom. The third-order valence-corrected chi connectivity index (χ3v) is 7.14. The minimum absolute atomic E-state index is 0. The van der Waals surface area contributed by atoms with Gasteiger partial charge in [-0.1, -0.05) is 52.3 Å². The fraction of sp³-hybridized carbons (Fsp3) is 0.261. The molecule has 0 unspecified atom stereocenters. The van der Waals surface area contributed by atoms with Crippen molar-refractivity contribution in [2.75, 3.05) is 17.7 Å². The zero-order valence-electron chi connectivity index (χ0n) is 17.2. The molecule has 1 aromatic heterocycles. The number of aromatic nitrogens is 1. The van der Waals surface area contributed by atoms with E-state index in [-0.39, 0.29) is 18.4 Å². The minimum atomic E-state index is -3.39. The van der Waals surface area contributed by atoms with E-state index in [2.05, 4.69) is 44.0 Å². The highest BCUT2D eigenvalue weighted by atomic mass is 79.9. The van der Waals surface area contributed by atoms with Crippen LogP contribution in [0.15, 0.2) is 77.4 Å². The molecule has 0 bridgehead atoms. The summed E-state index contributed by atoms with van der Waals surface area (Å²) in [5.74, 6) is 0. The van der Waals surface area contributed by atoms with Crippen LogP contribution in [-0.2, 0) is 29.5 Å². The molecule has 4 rings (SSSR count). The van der Waals surface area contributed by atoms with Gasteiger partial charge in [-0.25, -0.2) is 8.42 Å². The average molecular weight is 523 g/mol. The van der Waals surface area contributed by atoms with Crippen molar-refractivity contribution in [3.8, 4) is 0 Å². The maximum absolute atomic E-state index is 12.8. The predicted octanol–water partition coefficient (Wildman–Crippen LogP) is 4.66. The van der Waals surface area contributed by atoms with E-state index in [1.807, 2.05) is 48.5 Å². The number of hydrogen-bond acceptors (Lipinski definition) is 4. The van der Waals surface area contributed by atoms with Crippen LogP contribution < -0.4 is 4.90 Å². The first-order valence-electron chi connectivity index (χ1n) is 9.84. The van der Waals surface area contributed by atoms with Gasteiger partial charge in [-0.15, -0.1) is 12.4 Å². The van der Waals surface area contributed by atoms with Crippen LogP contribution in [0.1, 0.15) is 16.8 Å². The summed E-state index contributed by atoms with van der Waals surface area (Å²) in [6.45, 7) is 1.56. The van der Waals surface area contributed by atoms with Crippen LogP contribution in [-0.4, -0.2) is 36.5 Å². The van der Waals surface area contributed by atoms with Crippen molar-refractivity contribution in [2.45, 2.75) is 25.6 Å². The minimum Gasteiger partial charge on any atom is -0.364 e. The van der Waals surface area contributed by atoms with Gasteiger partial charge in [0.2, 0.25) is 10.0 Å². The summed E-state index contributed by atoms with van der Waals surface area (Å²) < 4.78 is 28.1. The number of benzene rings is 2. The van der Waals surface area contributed by atoms with Crippen LogP contribution in [0.25, 0.3) is 0 Å². The number of halogens is 2. The van der Waals surface area contributed by atoms with E-state index in [4.69, 9.17) is 0 Å². The third kappa shape index (κ3) is 5.86. The Hall–Kier alpha value is -1.93. The van der Waals surface area contributed by atoms with Crippen LogP contribution in [0.5, 0.6) is 0 Å². The lowest BCUT2D eigenvalue weighted by Crippen LogP contribution is -2.45. The van der Waals surface area contributed by atoms with Crippen LogP contribution in [0.2, 0.25) is 0 Å². The monoisotopic (exact) mass is 521 g/mol. The van der Waals surface area contributed by atoms with Gasteiger partial charge in [0.15, 0.2) is 0 Å². The smallest absolute Gasteiger partial charge is 0.211 e. The fourth-order valence-corrected chi connectivity index (χ4v) is 5.47. The van der Waals surface area contributed by atoms with Crippen molar-refractivity contribution in [3.63, 3.8) is 0 Å². The molecule has 1 atom stereocenters. The standard InChI is InChI=1S/C23H24BrN3O2S.ClH/c1-30(28,29)27-15-19-14-20(24)10-11-23(19)26(16-21-9-5-6-12-25-21)17-22(27)13-18-7-3-2-4-8-18;/h2-12,14,22H,13,15-17H2,1H3;1H/t22-;/m1./s1. The van der Waals surface area contributed by atoms with Gasteiger partial charge in [0.05, 0.1) is 18.5 Å². The van der Waals surface area contributed by atoms with Crippen molar-refractivity contribution in [2.24, 2.45) is 0 Å². The molecule has 2 aromatic carbocycles. The molecule has 0 amide bonds. The molecule has 0 N–H and O–H groups in total. The summed E-state index contributed by atoms with van der Waals surface area (Å²) in [5, 5.41) is 0. The Morgan fingerprint density at radius 1 is 1.06 bits per heavy atom. The lowest BCUT2D eigenvalue weighted by atomic mass is 10.1. The van der Waals surface area contributed by atoms with Gasteiger partial charge in [0.1, 0.15) is 0 Å². The average Bonchev–Trinajstić information content (AvgIpc) is 2.86. The highest BCUT2D eigenvalue weighted by Gasteiger charge is 2.33. The Kier molecular flexibility index (Phi) is 7.75. The predicted molar refractivity (Wildman–Crippen MR) is 131 cm³/mol. The van der Waals surface area contributed by atoms with E-state index in [1.165, 1.54) is 6.26 Å². The maximum Gasteiger partial charge on any atom is 0.211 e. The number of anilines is 1. The van der Waals surface area contributed by atoms with Crippen LogP contribution >= 0.6 is 28.3 Å². The number of pyridine rings is 1. The summed E-state index contributed by atoms with van der Waals surface area (Å²) in [5.41, 5.74) is 4.12. The molecule has 1 aliphatic rings. The molecule has 0 aliphatic carbocycles. The number of rotatable bonds is 5. The number of sulfonamides is 1. The van der Waals surface area contributed by atoms with E-state index < -0.39 is 10.0 Å². The molecule has 8 heteroatoms. The van der Waals surface area contributed by atoms with Gasteiger partial charge in [-0.05, 0) is 47.9 Å². The molecular weight excluding hydrogens is 498 g/mol. The Morgan fingerprint density at radius 2 is 1.81 bits per heavy atom. The van der Waals surface area contributed by atoms with Crippen molar-refractivity contribution in [1.29, 1.82) is 0 Å². The Balaban J connectivity index is 0.00000272. The largest absolute Gasteiger partial charge is 0.364 e. The van der Waals surface area contributed by atoms with Crippen LogP contribution in [0.3, 0.4) is 0 Å². The van der Waals surface area contributed by atoms with Crippen molar-refractivity contribution in [1.82, 2.24) is 9.29 Å². The second-order valence-electron chi connectivity index (χ2n) is 7.63. The summed E-state index contributed by atoms with van der Waals surface area (Å²) in [4.78, 5) is 6.74. The zero-order chi connectivity index (χ0) is 21.1. The topological polar surface area (TPSA) is 53.5 Å². The molecule has 0 saturated heterocycles. The number of hydrogen-bond donors (Lipinski definition) is 0. The van der Waals surface area contributed by atoms with E-state index in [0.717, 1.165) is 27.0 Å². The third-order valence-electron chi connectivity index (χ3n) is 5.37. The molecule has 0 spiro atoms. The van der Waals surface area contributed by atoms with Gasteiger partial charge in [-0.2, -0.15) is 4.31 Å². The lowest BCUT2D eigenvalue weighted by molar-refractivity contribution is 0.320. The van der Waals surface area contributed by atoms with Crippen LogP contribution in [0.4, 0.5) is 5.69 Å². The molecule has 0 fully saturated rings. The number of fused-ring (bicyclic) bond motifs is 1. The van der Waals surface area contributed by atoms with Crippen molar-refractivity contribution < 1.29 is 8.42 Å². The fourth-order valence-electron chi connectivity index (χ4n) is 4.01. The molecule has 2 heterocycles. The highest BCUT2D eigenvalue weighted by molar-refractivity contribution is 9.10. The van der Waals surface area contributed by atoms with Gasteiger partial charge in [0.25, 0.3) is 0 Å². The molecule has 5 nitrogen and oxygen atoms in total. The number of nitrogens with zero attached hydrogens (tertiary/aromatic N) is 3. The quantitative estimate of drug-likeness (QED) is 0.489. The second kappa shape index (κ2) is 10.1. The first-order valence-corrected chi connectivity index (χ1v) is 12.5. The molecule has 1 aliphatic heterocycles. The van der Waals surface area contributed by atoms with Gasteiger partial charge < -0.3 is 4.90 Å². The van der Waals surface area contributed by atoms with Gasteiger partial charge in [-0.3, -0.25) is 4.98 Å². The van der Waals surface area contributed by atoms with Gasteiger partial charge in [0, 0.05) is 35.5 Å². The summed E-state index contributed by atoms with van der Waals surface area (Å²) in [6, 6.07) is 21.9. The summed E-state index contributed by atoms with van der Waals surface area (Å²) >= 11 is 3.54. The SMILES string of the molecule is CS(=O)(=O)N1Cc2cc(Br)ccc2N(Cc2ccccn2)C[C@H]1Cc1ccccc1.Cl.